The molecule has 2 unspecified atom stereocenters. The summed E-state index contributed by atoms with van der Waals surface area (Å²) in [4.78, 5) is 40.5. The van der Waals surface area contributed by atoms with Crippen LogP contribution >= 0.6 is 0 Å². The van der Waals surface area contributed by atoms with Crippen molar-refractivity contribution in [2.24, 2.45) is 0 Å². The predicted molar refractivity (Wildman–Crippen MR) is 98.3 cm³/mol. The molecule has 0 aliphatic heterocycles. The zero-order valence-corrected chi connectivity index (χ0v) is 19.1. The van der Waals surface area contributed by atoms with Crippen LogP contribution in [0.4, 0.5) is 0 Å². The van der Waals surface area contributed by atoms with E-state index in [9.17, 15) is 19.2 Å². The van der Waals surface area contributed by atoms with E-state index < -0.39 is 12.2 Å². The third-order valence-electron chi connectivity index (χ3n) is 1.62. The summed E-state index contributed by atoms with van der Waals surface area (Å²) < 4.78 is 9.36. The van der Waals surface area contributed by atoms with Gasteiger partial charge in [-0.3, -0.25) is 9.59 Å². The molecule has 0 fully saturated rings. The summed E-state index contributed by atoms with van der Waals surface area (Å²) in [5.74, 6) is -0.598. The second-order valence-corrected chi connectivity index (χ2v) is 5.32. The van der Waals surface area contributed by atoms with Crippen molar-refractivity contribution in [3.05, 3.63) is 0 Å². The topological polar surface area (TPSA) is 127 Å². The minimum Gasteiger partial charge on any atom is -0.539 e. The molecule has 0 radical (unpaired) electrons. The second-order valence-electron chi connectivity index (χ2n) is 5.32. The van der Waals surface area contributed by atoms with Crippen molar-refractivity contribution in [1.29, 1.82) is 0 Å². The molecule has 0 saturated carbocycles. The summed E-state index contributed by atoms with van der Waals surface area (Å²) in [7, 11) is 0. The Labute approximate surface area is 177 Å². The van der Waals surface area contributed by atoms with Gasteiger partial charge in [-0.05, 0) is 55.4 Å². The number of hydrogen-bond donors (Lipinski definition) is 2. The monoisotopic (exact) mass is 426 g/mol. The van der Waals surface area contributed by atoms with Gasteiger partial charge in [0.15, 0.2) is 0 Å². The van der Waals surface area contributed by atoms with Crippen LogP contribution in [0.1, 0.15) is 55.4 Å². The molecule has 0 aliphatic carbocycles. The summed E-state index contributed by atoms with van der Waals surface area (Å²) in [6.45, 7) is 13.6. The van der Waals surface area contributed by atoms with Crippen LogP contribution in [0.25, 0.3) is 0 Å². The van der Waals surface area contributed by atoms with Gasteiger partial charge in [-0.1, -0.05) is 0 Å². The van der Waals surface area contributed by atoms with Gasteiger partial charge < -0.3 is 29.3 Å². The minimum absolute atomic E-state index is 0. The molecular weight excluding hydrogens is 392 g/mol. The number of aliphatic hydroxyl groups excluding tert-OH is 2. The number of hydrogen-bond acceptors (Lipinski definition) is 8. The molecule has 8 nitrogen and oxygen atoms in total. The molecule has 2 N–H and O–H groups in total. The molecule has 0 saturated heterocycles. The Morgan fingerprint density at radius 1 is 0.778 bits per heavy atom. The van der Waals surface area contributed by atoms with Gasteiger partial charge in [-0.15, -0.1) is 0 Å². The van der Waals surface area contributed by atoms with Crippen LogP contribution in [0.2, 0.25) is 0 Å². The van der Waals surface area contributed by atoms with E-state index in [1.807, 2.05) is 0 Å². The largest absolute Gasteiger partial charge is 0.539 e. The first-order chi connectivity index (χ1) is 11.9. The van der Waals surface area contributed by atoms with Crippen molar-refractivity contribution in [3.8, 4) is 0 Å². The van der Waals surface area contributed by atoms with Gasteiger partial charge in [0, 0.05) is 59.3 Å². The maximum absolute atomic E-state index is 10.4. The Morgan fingerprint density at radius 3 is 1.00 bits per heavy atom. The molecule has 0 aromatic rings. The van der Waals surface area contributed by atoms with Crippen molar-refractivity contribution in [3.63, 3.8) is 0 Å². The fourth-order valence-corrected chi connectivity index (χ4v) is 0.802. The fourth-order valence-electron chi connectivity index (χ4n) is 0.802. The zero-order valence-electron chi connectivity index (χ0n) is 17.6. The minimum atomic E-state index is -0.977. The van der Waals surface area contributed by atoms with E-state index >= 15 is 0 Å². The van der Waals surface area contributed by atoms with Crippen molar-refractivity contribution in [2.75, 3.05) is 13.2 Å². The second kappa shape index (κ2) is 27.5. The van der Waals surface area contributed by atoms with E-state index in [-0.39, 0.29) is 45.5 Å². The molecule has 9 heteroatoms. The standard InChI is InChI=1S/2C6H9O3.2C3H8O.Ti/c2*1-3-9-6(4-7)5(2)8;2*1-3(2)4;/h2*6H,3H2,1-2H3;2*3-4H,1-2H3;/q2*-1;;;. The third kappa shape index (κ3) is 45.9. The maximum Gasteiger partial charge on any atom is 0.131 e. The van der Waals surface area contributed by atoms with E-state index in [2.05, 4.69) is 9.47 Å². The number of carbonyl (C=O) groups is 2. The smallest absolute Gasteiger partial charge is 0.131 e. The number of ether oxygens (including phenoxy) is 2. The third-order valence-corrected chi connectivity index (χ3v) is 1.62. The van der Waals surface area contributed by atoms with Crippen LogP contribution in [-0.2, 0) is 50.4 Å². The van der Waals surface area contributed by atoms with Gasteiger partial charge in [-0.2, -0.15) is 0 Å². The SMILES string of the molecule is CC(C)O.CC(C)O.CCOC([C-]=O)C(C)=O.CCOC([C-]=O)C(C)=O.[Ti]. The number of rotatable bonds is 8. The van der Waals surface area contributed by atoms with Gasteiger partial charge in [0.05, 0.1) is 0 Å². The number of ketones is 2. The van der Waals surface area contributed by atoms with Crippen LogP contribution in [-0.4, -0.2) is 72.0 Å². The van der Waals surface area contributed by atoms with E-state index in [0.29, 0.717) is 13.2 Å². The van der Waals surface area contributed by atoms with Crippen molar-refractivity contribution in [1.82, 2.24) is 0 Å². The van der Waals surface area contributed by atoms with Gasteiger partial charge in [0.2, 0.25) is 0 Å². The summed E-state index contributed by atoms with van der Waals surface area (Å²) in [6, 6.07) is 0. The number of carbonyl (C=O) groups excluding carboxylic acids is 4. The van der Waals surface area contributed by atoms with Gasteiger partial charge >= 0.3 is 0 Å². The van der Waals surface area contributed by atoms with Crippen LogP contribution in [0.3, 0.4) is 0 Å². The quantitative estimate of drug-likeness (QED) is 0.334. The normalized spacial score (nSPS) is 11.1. The Bertz CT molecular complexity index is 320. The zero-order chi connectivity index (χ0) is 21.7. The summed E-state index contributed by atoms with van der Waals surface area (Å²) in [6.07, 6.45) is 0.674. The molecule has 0 aromatic heterocycles. The summed E-state index contributed by atoms with van der Waals surface area (Å²) in [5, 5.41) is 16.1. The molecule has 2 atom stereocenters. The Balaban J connectivity index is -0.0000000843. The predicted octanol–water partition coefficient (Wildman–Crippen LogP) is 0.952. The molecule has 160 valence electrons. The fraction of sp³-hybridized carbons (Fsp3) is 0.778. The van der Waals surface area contributed by atoms with E-state index in [1.54, 1.807) is 41.5 Å². The summed E-state index contributed by atoms with van der Waals surface area (Å²) in [5.41, 5.74) is 0. The molecule has 27 heavy (non-hydrogen) atoms. The molecule has 0 rings (SSSR count). The first kappa shape index (κ1) is 37.0. The molecule has 0 aromatic carbocycles. The Morgan fingerprint density at radius 2 is 0.963 bits per heavy atom. The Kier molecular flexibility index (Phi) is 37.7. The van der Waals surface area contributed by atoms with Crippen LogP contribution in [0.5, 0.6) is 0 Å². The Hall–Kier alpha value is -0.766. The molecule has 0 aliphatic rings. The van der Waals surface area contributed by atoms with Crippen molar-refractivity contribution < 1.29 is 60.6 Å². The van der Waals surface area contributed by atoms with Gasteiger partial charge in [0.1, 0.15) is 11.6 Å². The maximum atomic E-state index is 10.4. The average Bonchev–Trinajstić information content (AvgIpc) is 2.49. The van der Waals surface area contributed by atoms with Crippen LogP contribution < -0.4 is 0 Å². The molecule has 0 heterocycles. The number of aliphatic hydroxyl groups is 2. The first-order valence-electron chi connectivity index (χ1n) is 8.26. The van der Waals surface area contributed by atoms with Crippen molar-refractivity contribution >= 4 is 24.1 Å². The van der Waals surface area contributed by atoms with Gasteiger partial charge in [-0.25, -0.2) is 12.6 Å². The van der Waals surface area contributed by atoms with Crippen LogP contribution in [0.15, 0.2) is 0 Å². The molecular formula is C18H34O8Ti-2. The van der Waals surface area contributed by atoms with E-state index in [4.69, 9.17) is 10.2 Å². The van der Waals surface area contributed by atoms with Gasteiger partial charge in [0.25, 0.3) is 0 Å². The first-order valence-corrected chi connectivity index (χ1v) is 8.26. The molecule has 0 bridgehead atoms. The summed E-state index contributed by atoms with van der Waals surface area (Å²) >= 11 is 0. The van der Waals surface area contributed by atoms with E-state index in [1.165, 1.54) is 26.4 Å². The van der Waals surface area contributed by atoms with Crippen molar-refractivity contribution in [2.45, 2.75) is 79.8 Å². The number of Topliss-reactive ketones (excluding diaryl/α,β-unsaturated/α-hetero) is 2. The average molecular weight is 426 g/mol. The molecule has 0 amide bonds. The molecule has 0 spiro atoms. The van der Waals surface area contributed by atoms with Crippen LogP contribution in [0, 0.1) is 0 Å². The van der Waals surface area contributed by atoms with E-state index in [0.717, 1.165) is 0 Å².